The molecule has 1 unspecified atom stereocenters. The summed E-state index contributed by atoms with van der Waals surface area (Å²) in [4.78, 5) is 2.42. The molecule has 1 saturated heterocycles. The van der Waals surface area contributed by atoms with Crippen molar-refractivity contribution >= 4 is 12.4 Å². The molecule has 2 aliphatic rings. The average Bonchev–Trinajstić information content (AvgIpc) is 2.41. The first-order chi connectivity index (χ1) is 9.20. The molecule has 2 heterocycles. The first-order valence-electron chi connectivity index (χ1n) is 7.26. The largest absolute Gasteiger partial charge is 0.492 e. The van der Waals surface area contributed by atoms with E-state index in [1.54, 1.807) is 0 Å². The van der Waals surface area contributed by atoms with E-state index in [1.165, 1.54) is 11.1 Å². The van der Waals surface area contributed by atoms with Crippen LogP contribution in [0.25, 0.3) is 0 Å². The number of likely N-dealkylation sites (tertiary alicyclic amines) is 1. The van der Waals surface area contributed by atoms with Crippen molar-refractivity contribution in [2.24, 2.45) is 0 Å². The molecule has 3 rings (SSSR count). The first kappa shape index (κ1) is 15.6. The minimum absolute atomic E-state index is 0. The smallest absolute Gasteiger partial charge is 0.123 e. The van der Waals surface area contributed by atoms with Crippen molar-refractivity contribution in [2.75, 3.05) is 26.8 Å². The van der Waals surface area contributed by atoms with Gasteiger partial charge in [-0.3, -0.25) is 4.90 Å². The molecule has 0 N–H and O–H groups in total. The van der Waals surface area contributed by atoms with E-state index < -0.39 is 0 Å². The van der Waals surface area contributed by atoms with Crippen LogP contribution in [0.3, 0.4) is 0 Å². The number of benzene rings is 1. The highest BCUT2D eigenvalue weighted by Gasteiger charge is 2.42. The number of halogens is 1. The van der Waals surface area contributed by atoms with Gasteiger partial charge >= 0.3 is 0 Å². The second-order valence-electron chi connectivity index (χ2n) is 5.71. The molecule has 112 valence electrons. The van der Waals surface area contributed by atoms with Gasteiger partial charge in [-0.05, 0) is 38.9 Å². The maximum atomic E-state index is 6.01. The summed E-state index contributed by atoms with van der Waals surface area (Å²) in [6.45, 7) is 6.86. The van der Waals surface area contributed by atoms with Crippen molar-refractivity contribution in [1.82, 2.24) is 4.90 Å². The highest BCUT2D eigenvalue weighted by molar-refractivity contribution is 5.85. The Bertz CT molecular complexity index is 466. The van der Waals surface area contributed by atoms with Crippen LogP contribution in [0, 0.1) is 6.92 Å². The van der Waals surface area contributed by atoms with Crippen LogP contribution in [0.5, 0.6) is 5.75 Å². The van der Waals surface area contributed by atoms with Crippen molar-refractivity contribution in [3.63, 3.8) is 0 Å². The fourth-order valence-electron chi connectivity index (χ4n) is 3.45. The molecule has 0 spiro atoms. The molecule has 0 radical (unpaired) electrons. The van der Waals surface area contributed by atoms with Gasteiger partial charge in [0.05, 0.1) is 12.1 Å². The standard InChI is InChI=1S/C16H23NO2.ClH/c1-4-18-14-7-8-17(3)13-10-19-15-9-11(2)5-6-12(15)16(13)14;/h5-6,9,13-14,16H,4,7-8,10H2,1-3H3;1H/t13-,14?,16-;/m0./s1. The van der Waals surface area contributed by atoms with Crippen molar-refractivity contribution in [1.29, 1.82) is 0 Å². The molecular weight excluding hydrogens is 274 g/mol. The highest BCUT2D eigenvalue weighted by Crippen LogP contribution is 2.42. The van der Waals surface area contributed by atoms with E-state index >= 15 is 0 Å². The third-order valence-electron chi connectivity index (χ3n) is 4.47. The summed E-state index contributed by atoms with van der Waals surface area (Å²) in [5.74, 6) is 1.50. The maximum absolute atomic E-state index is 6.01. The number of likely N-dealkylation sites (N-methyl/N-ethyl adjacent to an activating group) is 1. The van der Waals surface area contributed by atoms with Gasteiger partial charge in [0.25, 0.3) is 0 Å². The van der Waals surface area contributed by atoms with E-state index in [9.17, 15) is 0 Å². The fraction of sp³-hybridized carbons (Fsp3) is 0.625. The van der Waals surface area contributed by atoms with Gasteiger partial charge in [-0.15, -0.1) is 12.4 Å². The van der Waals surface area contributed by atoms with Crippen molar-refractivity contribution in [3.05, 3.63) is 29.3 Å². The molecule has 20 heavy (non-hydrogen) atoms. The van der Waals surface area contributed by atoms with Crippen molar-refractivity contribution in [2.45, 2.75) is 38.3 Å². The number of piperidine rings is 1. The van der Waals surface area contributed by atoms with Gasteiger partial charge in [0.2, 0.25) is 0 Å². The van der Waals surface area contributed by atoms with Gasteiger partial charge in [-0.25, -0.2) is 0 Å². The molecular formula is C16H24ClNO2. The molecule has 4 heteroatoms. The zero-order valence-corrected chi connectivity index (χ0v) is 13.3. The molecule has 0 amide bonds. The van der Waals surface area contributed by atoms with Gasteiger partial charge in [0.15, 0.2) is 0 Å². The summed E-state index contributed by atoms with van der Waals surface area (Å²) in [5.41, 5.74) is 2.58. The van der Waals surface area contributed by atoms with Gasteiger partial charge in [0.1, 0.15) is 12.4 Å². The Labute approximate surface area is 127 Å². The van der Waals surface area contributed by atoms with Gasteiger partial charge < -0.3 is 9.47 Å². The van der Waals surface area contributed by atoms with Crippen LogP contribution in [-0.2, 0) is 4.74 Å². The lowest BCUT2D eigenvalue weighted by Gasteiger charge is -2.46. The van der Waals surface area contributed by atoms with E-state index in [2.05, 4.69) is 44.0 Å². The molecule has 0 saturated carbocycles. The van der Waals surface area contributed by atoms with Gasteiger partial charge in [-0.2, -0.15) is 0 Å². The maximum Gasteiger partial charge on any atom is 0.123 e. The molecule has 0 aliphatic carbocycles. The highest BCUT2D eigenvalue weighted by atomic mass is 35.5. The SMILES string of the molecule is CCOC1CCN(C)[C@H]2COc3cc(C)ccc3[C@H]12.Cl. The van der Waals surface area contributed by atoms with Gasteiger partial charge in [-0.1, -0.05) is 12.1 Å². The molecule has 1 fully saturated rings. The third-order valence-corrected chi connectivity index (χ3v) is 4.47. The minimum Gasteiger partial charge on any atom is -0.492 e. The number of ether oxygens (including phenoxy) is 2. The first-order valence-corrected chi connectivity index (χ1v) is 7.26. The Morgan fingerprint density at radius 3 is 2.95 bits per heavy atom. The van der Waals surface area contributed by atoms with Crippen LogP contribution in [0.2, 0.25) is 0 Å². The minimum atomic E-state index is 0. The van der Waals surface area contributed by atoms with Crippen molar-refractivity contribution in [3.8, 4) is 5.75 Å². The third kappa shape index (κ3) is 2.67. The molecule has 3 nitrogen and oxygen atoms in total. The topological polar surface area (TPSA) is 21.7 Å². The number of hydrogen-bond donors (Lipinski definition) is 0. The summed E-state index contributed by atoms with van der Waals surface area (Å²) >= 11 is 0. The lowest BCUT2D eigenvalue weighted by molar-refractivity contribution is -0.0399. The number of rotatable bonds is 2. The van der Waals surface area contributed by atoms with Crippen LogP contribution < -0.4 is 4.74 Å². The number of hydrogen-bond acceptors (Lipinski definition) is 3. The Kier molecular flexibility index (Phi) is 4.95. The summed E-state index contributed by atoms with van der Waals surface area (Å²) in [6.07, 6.45) is 1.44. The van der Waals surface area contributed by atoms with Crippen LogP contribution in [0.15, 0.2) is 18.2 Å². The molecule has 1 aromatic carbocycles. The van der Waals surface area contributed by atoms with Crippen molar-refractivity contribution < 1.29 is 9.47 Å². The van der Waals surface area contributed by atoms with Gasteiger partial charge in [0, 0.05) is 24.6 Å². The lowest BCUT2D eigenvalue weighted by atomic mass is 9.79. The second kappa shape index (κ2) is 6.33. The van der Waals surface area contributed by atoms with E-state index in [1.807, 2.05) is 0 Å². The predicted molar refractivity (Wildman–Crippen MR) is 83.1 cm³/mol. The monoisotopic (exact) mass is 297 g/mol. The predicted octanol–water partition coefficient (Wildman–Crippen LogP) is 3.00. The Balaban J connectivity index is 0.00000147. The molecule has 3 atom stereocenters. The second-order valence-corrected chi connectivity index (χ2v) is 5.71. The van der Waals surface area contributed by atoms with Crippen LogP contribution >= 0.6 is 12.4 Å². The zero-order valence-electron chi connectivity index (χ0n) is 12.5. The van der Waals surface area contributed by atoms with Crippen LogP contribution in [-0.4, -0.2) is 43.9 Å². The van der Waals surface area contributed by atoms with Crippen LogP contribution in [0.1, 0.15) is 30.4 Å². The lowest BCUT2D eigenvalue weighted by Crippen LogP contribution is -2.53. The summed E-state index contributed by atoms with van der Waals surface area (Å²) in [7, 11) is 2.20. The Morgan fingerprint density at radius 1 is 1.40 bits per heavy atom. The fourth-order valence-corrected chi connectivity index (χ4v) is 3.45. The summed E-state index contributed by atoms with van der Waals surface area (Å²) in [6, 6.07) is 7.01. The summed E-state index contributed by atoms with van der Waals surface area (Å²) < 4.78 is 12.0. The normalized spacial score (nSPS) is 28.9. The molecule has 1 aromatic rings. The molecule has 0 bridgehead atoms. The summed E-state index contributed by atoms with van der Waals surface area (Å²) in [5, 5.41) is 0. The van der Waals surface area contributed by atoms with E-state index in [4.69, 9.17) is 9.47 Å². The number of aryl methyl sites for hydroxylation is 1. The van der Waals surface area contributed by atoms with Crippen LogP contribution in [0.4, 0.5) is 0 Å². The average molecular weight is 298 g/mol. The van der Waals surface area contributed by atoms with E-state index in [0.717, 1.165) is 31.9 Å². The quantitative estimate of drug-likeness (QED) is 0.837. The van der Waals surface area contributed by atoms with E-state index in [-0.39, 0.29) is 12.4 Å². The molecule has 2 aliphatic heterocycles. The van der Waals surface area contributed by atoms with E-state index in [0.29, 0.717) is 18.1 Å². The number of fused-ring (bicyclic) bond motifs is 3. The Hall–Kier alpha value is -0.770. The Morgan fingerprint density at radius 2 is 2.20 bits per heavy atom. The molecule has 0 aromatic heterocycles. The number of nitrogens with zero attached hydrogens (tertiary/aromatic N) is 1. The zero-order chi connectivity index (χ0) is 13.4.